The van der Waals surface area contributed by atoms with E-state index in [1.54, 1.807) is 13.8 Å². The van der Waals surface area contributed by atoms with Gasteiger partial charge in [0.2, 0.25) is 0 Å². The minimum absolute atomic E-state index is 0.199. The molecule has 0 bridgehead atoms. The number of hydrogen-bond donors (Lipinski definition) is 0. The smallest absolute Gasteiger partial charge is 0.0175 e. The Hall–Kier alpha value is 0.190. The van der Waals surface area contributed by atoms with Crippen LogP contribution in [0.3, 0.4) is 0 Å². The van der Waals surface area contributed by atoms with E-state index in [2.05, 4.69) is 0 Å². The number of hydrogen-bond acceptors (Lipinski definition) is 2. The van der Waals surface area contributed by atoms with Crippen LogP contribution in [0.4, 0.5) is 0 Å². The topological polar surface area (TPSA) is 40.1 Å². The highest BCUT2D eigenvalue weighted by Gasteiger charge is 2.13. The van der Waals surface area contributed by atoms with E-state index in [4.69, 9.17) is 0 Å². The summed E-state index contributed by atoms with van der Waals surface area (Å²) < 4.78 is 11.2. The third kappa shape index (κ3) is 3.38. The van der Waals surface area contributed by atoms with Crippen molar-refractivity contribution in [2.45, 2.75) is 33.4 Å². The molecule has 0 saturated heterocycles. The van der Waals surface area contributed by atoms with Gasteiger partial charge in [0, 0.05) is 7.37 Å². The third-order valence-corrected chi connectivity index (χ3v) is 4.22. The molecule has 0 aliphatic carbocycles. The van der Waals surface area contributed by atoms with Crippen molar-refractivity contribution in [3.8, 4) is 0 Å². The highest BCUT2D eigenvalue weighted by molar-refractivity contribution is 7.57. The van der Waals surface area contributed by atoms with E-state index in [-0.39, 0.29) is 11.6 Å². The van der Waals surface area contributed by atoms with Gasteiger partial charge in [-0.2, -0.15) is 0 Å². The van der Waals surface area contributed by atoms with Crippen LogP contribution in [0.15, 0.2) is 0 Å². The lowest BCUT2D eigenvalue weighted by molar-refractivity contribution is -0.177. The maximum Gasteiger partial charge on any atom is 0.0175 e. The van der Waals surface area contributed by atoms with E-state index in [9.17, 15) is 9.46 Å². The van der Waals surface area contributed by atoms with Crippen LogP contribution in [-0.4, -0.2) is 11.8 Å². The first kappa shape index (κ1) is 10.2. The molecule has 1 atom stereocenters. The zero-order valence-electron chi connectivity index (χ0n) is 7.13. The molecule has 0 aromatic carbocycles. The summed E-state index contributed by atoms with van der Waals surface area (Å²) in [6.45, 7) is 7.31. The first-order valence-corrected chi connectivity index (χ1v) is 5.54. The van der Waals surface area contributed by atoms with Crippen LogP contribution >= 0.6 is 7.37 Å². The van der Waals surface area contributed by atoms with Gasteiger partial charge < -0.3 is 9.46 Å². The molecule has 0 aromatic heterocycles. The molecule has 0 rings (SSSR count). The van der Waals surface area contributed by atoms with Crippen LogP contribution < -0.4 is 4.89 Å². The molecule has 0 spiro atoms. The predicted octanol–water partition coefficient (Wildman–Crippen LogP) is 1.69. The fourth-order valence-electron chi connectivity index (χ4n) is 0.720. The summed E-state index contributed by atoms with van der Waals surface area (Å²) in [6.07, 6.45) is 0.338. The summed E-state index contributed by atoms with van der Waals surface area (Å²) in [4.78, 5) is 11.2. The monoisotopic (exact) mass is 163 g/mol. The summed E-state index contributed by atoms with van der Waals surface area (Å²) in [5, 5.41) is 0. The molecule has 0 aliphatic heterocycles. The largest absolute Gasteiger partial charge is 0.799 e. The Bertz CT molecular complexity index is 141. The molecular weight excluding hydrogens is 147 g/mol. The zero-order chi connectivity index (χ0) is 8.36. The molecule has 10 heavy (non-hydrogen) atoms. The molecule has 0 N–H and O–H groups in total. The highest BCUT2D eigenvalue weighted by atomic mass is 31.2. The SMILES string of the molecule is CC(C)CP(=O)([O-])C(C)C. The van der Waals surface area contributed by atoms with E-state index >= 15 is 0 Å². The Labute approximate surface area is 63.1 Å². The van der Waals surface area contributed by atoms with Gasteiger partial charge in [-0.1, -0.05) is 27.7 Å². The van der Waals surface area contributed by atoms with E-state index in [0.717, 1.165) is 0 Å². The Balaban J connectivity index is 4.01. The minimum atomic E-state index is -3.07. The Kier molecular flexibility index (Phi) is 3.61. The maximum atomic E-state index is 11.2. The van der Waals surface area contributed by atoms with Crippen molar-refractivity contribution < 1.29 is 9.46 Å². The molecule has 0 amide bonds. The summed E-state index contributed by atoms with van der Waals surface area (Å²) in [5.74, 6) is 0.255. The van der Waals surface area contributed by atoms with Gasteiger partial charge in [-0.25, -0.2) is 0 Å². The fraction of sp³-hybridized carbons (Fsp3) is 1.00. The average molecular weight is 163 g/mol. The fourth-order valence-corrected chi connectivity index (χ4v) is 2.16. The first-order chi connectivity index (χ1) is 4.36. The van der Waals surface area contributed by atoms with Crippen LogP contribution in [0.2, 0.25) is 0 Å². The van der Waals surface area contributed by atoms with Gasteiger partial charge in [-0.05, 0) is 17.7 Å². The number of rotatable bonds is 3. The molecule has 0 radical (unpaired) electrons. The van der Waals surface area contributed by atoms with Crippen LogP contribution in [0, 0.1) is 5.92 Å². The zero-order valence-corrected chi connectivity index (χ0v) is 8.02. The lowest BCUT2D eigenvalue weighted by Gasteiger charge is -2.29. The molecule has 0 aromatic rings. The van der Waals surface area contributed by atoms with Gasteiger partial charge in [-0.3, -0.25) is 0 Å². The molecule has 3 heteroatoms. The Morgan fingerprint density at radius 3 is 1.80 bits per heavy atom. The van der Waals surface area contributed by atoms with Crippen molar-refractivity contribution in [2.24, 2.45) is 5.92 Å². The van der Waals surface area contributed by atoms with Gasteiger partial charge in [0.1, 0.15) is 0 Å². The Morgan fingerprint density at radius 2 is 1.70 bits per heavy atom. The van der Waals surface area contributed by atoms with Crippen molar-refractivity contribution in [3.63, 3.8) is 0 Å². The highest BCUT2D eigenvalue weighted by Crippen LogP contribution is 2.42. The maximum absolute atomic E-state index is 11.2. The van der Waals surface area contributed by atoms with Crippen molar-refractivity contribution in [2.75, 3.05) is 6.16 Å². The molecule has 1 unspecified atom stereocenters. The van der Waals surface area contributed by atoms with Crippen LogP contribution in [-0.2, 0) is 4.57 Å². The predicted molar refractivity (Wildman–Crippen MR) is 42.4 cm³/mol. The second-order valence-corrected chi connectivity index (χ2v) is 6.25. The molecule has 0 saturated carbocycles. The third-order valence-electron chi connectivity index (χ3n) is 1.41. The molecule has 0 heterocycles. The summed E-state index contributed by atoms with van der Waals surface area (Å²) in [6, 6.07) is 0. The summed E-state index contributed by atoms with van der Waals surface area (Å²) in [5.41, 5.74) is -0.199. The summed E-state index contributed by atoms with van der Waals surface area (Å²) in [7, 11) is -3.07. The van der Waals surface area contributed by atoms with Crippen LogP contribution in [0.5, 0.6) is 0 Å². The van der Waals surface area contributed by atoms with E-state index in [1.165, 1.54) is 0 Å². The second kappa shape index (κ2) is 3.54. The Morgan fingerprint density at radius 1 is 1.30 bits per heavy atom. The molecule has 0 fully saturated rings. The van der Waals surface area contributed by atoms with Crippen LogP contribution in [0.1, 0.15) is 27.7 Å². The van der Waals surface area contributed by atoms with E-state index in [0.29, 0.717) is 6.16 Å². The van der Waals surface area contributed by atoms with Gasteiger partial charge in [0.15, 0.2) is 0 Å². The molecule has 62 valence electrons. The van der Waals surface area contributed by atoms with Gasteiger partial charge in [0.05, 0.1) is 0 Å². The summed E-state index contributed by atoms with van der Waals surface area (Å²) >= 11 is 0. The molecular formula is C7H16O2P-. The van der Waals surface area contributed by atoms with Gasteiger partial charge in [0.25, 0.3) is 0 Å². The van der Waals surface area contributed by atoms with Crippen molar-refractivity contribution >= 4 is 7.37 Å². The van der Waals surface area contributed by atoms with E-state index < -0.39 is 7.37 Å². The second-order valence-electron chi connectivity index (χ2n) is 3.40. The average Bonchev–Trinajstić information content (AvgIpc) is 1.60. The van der Waals surface area contributed by atoms with Gasteiger partial charge >= 0.3 is 0 Å². The molecule has 0 aliphatic rings. The molecule has 2 nitrogen and oxygen atoms in total. The van der Waals surface area contributed by atoms with Gasteiger partial charge in [-0.15, -0.1) is 0 Å². The first-order valence-electron chi connectivity index (χ1n) is 3.66. The lowest BCUT2D eigenvalue weighted by Crippen LogP contribution is -2.16. The normalized spacial score (nSPS) is 17.9. The lowest BCUT2D eigenvalue weighted by atomic mass is 10.3. The standard InChI is InChI=1S/C7H17O2P/c1-6(2)5-10(8,9)7(3)4/h6-7H,5H2,1-4H3,(H,8,9)/p-1. The van der Waals surface area contributed by atoms with Crippen molar-refractivity contribution in [1.29, 1.82) is 0 Å². The quantitative estimate of drug-likeness (QED) is 0.594. The minimum Gasteiger partial charge on any atom is -0.799 e. The van der Waals surface area contributed by atoms with Crippen LogP contribution in [0.25, 0.3) is 0 Å². The van der Waals surface area contributed by atoms with E-state index in [1.807, 2.05) is 13.8 Å². The van der Waals surface area contributed by atoms with Crippen molar-refractivity contribution in [1.82, 2.24) is 0 Å². The van der Waals surface area contributed by atoms with Crippen molar-refractivity contribution in [3.05, 3.63) is 0 Å².